The lowest BCUT2D eigenvalue weighted by Crippen LogP contribution is -2.35. The van der Waals surface area contributed by atoms with Gasteiger partial charge in [0, 0.05) is 19.1 Å². The average molecular weight is 264 g/mol. The molecule has 0 saturated heterocycles. The molecular weight excluding hydrogens is 236 g/mol. The molecule has 1 unspecified atom stereocenters. The molecule has 0 aliphatic rings. The molecule has 0 spiro atoms. The van der Waals surface area contributed by atoms with Crippen LogP contribution < -0.4 is 10.5 Å². The molecule has 0 amide bonds. The summed E-state index contributed by atoms with van der Waals surface area (Å²) in [7, 11) is 2.12. The van der Waals surface area contributed by atoms with E-state index < -0.39 is 0 Å². The summed E-state index contributed by atoms with van der Waals surface area (Å²) >= 11 is 0. The molecule has 0 aliphatic carbocycles. The van der Waals surface area contributed by atoms with Gasteiger partial charge in [0.15, 0.2) is 0 Å². The van der Waals surface area contributed by atoms with E-state index in [1.807, 2.05) is 19.1 Å². The average Bonchev–Trinajstić information content (AvgIpc) is 2.27. The predicted octanol–water partition coefficient (Wildman–Crippen LogP) is 3.06. The molecule has 0 aliphatic heterocycles. The minimum atomic E-state index is 0.0445. The quantitative estimate of drug-likeness (QED) is 0.858. The summed E-state index contributed by atoms with van der Waals surface area (Å²) in [6.07, 6.45) is 0. The zero-order valence-electron chi connectivity index (χ0n) is 12.9. The topological polar surface area (TPSA) is 38.5 Å². The van der Waals surface area contributed by atoms with Crippen LogP contribution in [0, 0.1) is 5.41 Å². The molecule has 108 valence electrons. The van der Waals surface area contributed by atoms with E-state index in [-0.39, 0.29) is 6.04 Å². The van der Waals surface area contributed by atoms with Crippen LogP contribution in [-0.2, 0) is 0 Å². The maximum absolute atomic E-state index is 6.26. The fourth-order valence-corrected chi connectivity index (χ4v) is 2.29. The van der Waals surface area contributed by atoms with E-state index in [2.05, 4.69) is 44.9 Å². The Morgan fingerprint density at radius 2 is 1.79 bits per heavy atom. The fraction of sp³-hybridized carbons (Fsp3) is 0.625. The molecular formula is C16H28N2O. The molecule has 0 aromatic heterocycles. The van der Waals surface area contributed by atoms with Crippen LogP contribution >= 0.6 is 0 Å². The van der Waals surface area contributed by atoms with Crippen LogP contribution in [0.2, 0.25) is 0 Å². The number of hydrogen-bond donors (Lipinski definition) is 1. The van der Waals surface area contributed by atoms with E-state index >= 15 is 0 Å². The SMILES string of the molecule is CCOc1ccc(C(N)CN(C)CC(C)(C)C)cc1. The molecule has 3 heteroatoms. The first-order valence-electron chi connectivity index (χ1n) is 6.98. The van der Waals surface area contributed by atoms with E-state index in [4.69, 9.17) is 10.5 Å². The molecule has 0 fully saturated rings. The van der Waals surface area contributed by atoms with Crippen molar-refractivity contribution in [3.05, 3.63) is 29.8 Å². The maximum atomic E-state index is 6.26. The third-order valence-electron chi connectivity index (χ3n) is 2.87. The van der Waals surface area contributed by atoms with Gasteiger partial charge < -0.3 is 15.4 Å². The van der Waals surface area contributed by atoms with E-state index in [1.165, 1.54) is 0 Å². The van der Waals surface area contributed by atoms with Gasteiger partial charge in [-0.3, -0.25) is 0 Å². The number of rotatable bonds is 6. The standard InChI is InChI=1S/C16H28N2O/c1-6-19-14-9-7-13(8-10-14)15(17)11-18(5)12-16(2,3)4/h7-10,15H,6,11-12,17H2,1-5H3. The summed E-state index contributed by atoms with van der Waals surface area (Å²) in [5.74, 6) is 0.904. The minimum absolute atomic E-state index is 0.0445. The van der Waals surface area contributed by atoms with Gasteiger partial charge in [-0.25, -0.2) is 0 Å². The van der Waals surface area contributed by atoms with Crippen LogP contribution in [-0.4, -0.2) is 31.6 Å². The molecule has 0 bridgehead atoms. The van der Waals surface area contributed by atoms with Gasteiger partial charge in [-0.2, -0.15) is 0 Å². The van der Waals surface area contributed by atoms with Crippen molar-refractivity contribution < 1.29 is 4.74 Å². The largest absolute Gasteiger partial charge is 0.494 e. The molecule has 0 radical (unpaired) electrons. The van der Waals surface area contributed by atoms with Crippen LogP contribution in [0.4, 0.5) is 0 Å². The van der Waals surface area contributed by atoms with Crippen molar-refractivity contribution in [3.8, 4) is 5.75 Å². The van der Waals surface area contributed by atoms with Crippen LogP contribution in [0.15, 0.2) is 24.3 Å². The molecule has 1 aromatic carbocycles. The van der Waals surface area contributed by atoms with Crippen molar-refractivity contribution in [1.82, 2.24) is 4.90 Å². The van der Waals surface area contributed by atoms with Gasteiger partial charge in [0.05, 0.1) is 6.61 Å². The molecule has 3 nitrogen and oxygen atoms in total. The lowest BCUT2D eigenvalue weighted by Gasteiger charge is -2.28. The Balaban J connectivity index is 2.55. The lowest BCUT2D eigenvalue weighted by atomic mass is 9.96. The highest BCUT2D eigenvalue weighted by atomic mass is 16.5. The minimum Gasteiger partial charge on any atom is -0.494 e. The lowest BCUT2D eigenvalue weighted by molar-refractivity contribution is 0.217. The first kappa shape index (κ1) is 16.0. The molecule has 2 N–H and O–H groups in total. The zero-order chi connectivity index (χ0) is 14.5. The van der Waals surface area contributed by atoms with Gasteiger partial charge in [0.25, 0.3) is 0 Å². The Morgan fingerprint density at radius 1 is 1.21 bits per heavy atom. The second-order valence-electron chi connectivity index (χ2n) is 6.37. The van der Waals surface area contributed by atoms with Gasteiger partial charge in [-0.1, -0.05) is 32.9 Å². The van der Waals surface area contributed by atoms with Crippen molar-refractivity contribution in [1.29, 1.82) is 0 Å². The summed E-state index contributed by atoms with van der Waals surface area (Å²) in [4.78, 5) is 2.29. The Bertz CT molecular complexity index is 367. The van der Waals surface area contributed by atoms with E-state index in [1.54, 1.807) is 0 Å². The highest BCUT2D eigenvalue weighted by Gasteiger charge is 2.16. The Morgan fingerprint density at radius 3 is 2.26 bits per heavy atom. The molecule has 0 heterocycles. The number of hydrogen-bond acceptors (Lipinski definition) is 3. The molecule has 19 heavy (non-hydrogen) atoms. The third-order valence-corrected chi connectivity index (χ3v) is 2.87. The number of benzene rings is 1. The number of likely N-dealkylation sites (N-methyl/N-ethyl adjacent to an activating group) is 1. The van der Waals surface area contributed by atoms with Gasteiger partial charge in [-0.05, 0) is 37.1 Å². The first-order valence-corrected chi connectivity index (χ1v) is 6.98. The van der Waals surface area contributed by atoms with Crippen molar-refractivity contribution in [2.45, 2.75) is 33.7 Å². The van der Waals surface area contributed by atoms with E-state index in [0.29, 0.717) is 12.0 Å². The molecule has 0 saturated carbocycles. The highest BCUT2D eigenvalue weighted by Crippen LogP contribution is 2.19. The van der Waals surface area contributed by atoms with E-state index in [9.17, 15) is 0 Å². The highest BCUT2D eigenvalue weighted by molar-refractivity contribution is 5.29. The summed E-state index contributed by atoms with van der Waals surface area (Å²) in [5.41, 5.74) is 7.71. The Kier molecular flexibility index (Phi) is 5.83. The second kappa shape index (κ2) is 6.92. The van der Waals surface area contributed by atoms with Gasteiger partial charge >= 0.3 is 0 Å². The molecule has 1 rings (SSSR count). The van der Waals surface area contributed by atoms with Crippen LogP contribution in [0.3, 0.4) is 0 Å². The van der Waals surface area contributed by atoms with E-state index in [0.717, 1.165) is 24.4 Å². The van der Waals surface area contributed by atoms with Crippen LogP contribution in [0.5, 0.6) is 5.75 Å². The molecule has 1 aromatic rings. The van der Waals surface area contributed by atoms with Gasteiger partial charge in [0.1, 0.15) is 5.75 Å². The van der Waals surface area contributed by atoms with Gasteiger partial charge in [0.2, 0.25) is 0 Å². The predicted molar refractivity (Wildman–Crippen MR) is 81.5 cm³/mol. The summed E-state index contributed by atoms with van der Waals surface area (Å²) in [5, 5.41) is 0. The number of nitrogens with zero attached hydrogens (tertiary/aromatic N) is 1. The summed E-state index contributed by atoms with van der Waals surface area (Å²) < 4.78 is 5.44. The summed E-state index contributed by atoms with van der Waals surface area (Å²) in [6.45, 7) is 11.3. The molecule has 1 atom stereocenters. The van der Waals surface area contributed by atoms with Crippen molar-refractivity contribution in [3.63, 3.8) is 0 Å². The monoisotopic (exact) mass is 264 g/mol. The van der Waals surface area contributed by atoms with Gasteiger partial charge in [-0.15, -0.1) is 0 Å². The second-order valence-corrected chi connectivity index (χ2v) is 6.37. The maximum Gasteiger partial charge on any atom is 0.119 e. The first-order chi connectivity index (χ1) is 8.81. The van der Waals surface area contributed by atoms with Crippen LogP contribution in [0.25, 0.3) is 0 Å². The zero-order valence-corrected chi connectivity index (χ0v) is 12.9. The third kappa shape index (κ3) is 6.08. The smallest absolute Gasteiger partial charge is 0.119 e. The normalized spacial score (nSPS) is 13.6. The van der Waals surface area contributed by atoms with Crippen molar-refractivity contribution in [2.75, 3.05) is 26.7 Å². The fourth-order valence-electron chi connectivity index (χ4n) is 2.29. The number of nitrogens with two attached hydrogens (primary N) is 1. The van der Waals surface area contributed by atoms with Crippen LogP contribution in [0.1, 0.15) is 39.3 Å². The summed E-state index contributed by atoms with van der Waals surface area (Å²) in [6, 6.07) is 8.13. The Labute approximate surface area is 117 Å². The number of ether oxygens (including phenoxy) is 1. The Hall–Kier alpha value is -1.06. The van der Waals surface area contributed by atoms with Crippen molar-refractivity contribution >= 4 is 0 Å². The van der Waals surface area contributed by atoms with Crippen molar-refractivity contribution in [2.24, 2.45) is 11.1 Å².